The molecule has 1 aromatic rings. The van der Waals surface area contributed by atoms with Crippen LogP contribution in [0.3, 0.4) is 0 Å². The topological polar surface area (TPSA) is 3.24 Å². The zero-order valence-corrected chi connectivity index (χ0v) is 10.7. The molecule has 88 valence electrons. The van der Waals surface area contributed by atoms with Gasteiger partial charge in [0.2, 0.25) is 0 Å². The van der Waals surface area contributed by atoms with Crippen LogP contribution in [0.2, 0.25) is 0 Å². The highest BCUT2D eigenvalue weighted by Gasteiger charge is 2.23. The van der Waals surface area contributed by atoms with Gasteiger partial charge in [-0.05, 0) is 43.4 Å². The second-order valence-electron chi connectivity index (χ2n) is 5.42. The molecule has 1 unspecified atom stereocenters. The van der Waals surface area contributed by atoms with Crippen LogP contribution in [0.5, 0.6) is 0 Å². The van der Waals surface area contributed by atoms with Crippen molar-refractivity contribution in [2.45, 2.75) is 39.2 Å². The van der Waals surface area contributed by atoms with Crippen LogP contribution in [0.1, 0.15) is 43.9 Å². The molecular formula is C15H23N. The Morgan fingerprint density at radius 3 is 2.81 bits per heavy atom. The van der Waals surface area contributed by atoms with E-state index in [0.717, 1.165) is 5.92 Å². The SMILES string of the molecule is CC(C)CCC1c2ccccc2CCN1C. The maximum atomic E-state index is 2.52. The number of fused-ring (bicyclic) bond motifs is 1. The van der Waals surface area contributed by atoms with Gasteiger partial charge in [0.25, 0.3) is 0 Å². The van der Waals surface area contributed by atoms with Gasteiger partial charge in [0, 0.05) is 12.6 Å². The van der Waals surface area contributed by atoms with E-state index >= 15 is 0 Å². The maximum Gasteiger partial charge on any atom is 0.0348 e. The van der Waals surface area contributed by atoms with E-state index in [4.69, 9.17) is 0 Å². The highest BCUT2D eigenvalue weighted by Crippen LogP contribution is 2.32. The summed E-state index contributed by atoms with van der Waals surface area (Å²) in [6, 6.07) is 9.61. The van der Waals surface area contributed by atoms with Gasteiger partial charge in [-0.15, -0.1) is 0 Å². The Hall–Kier alpha value is -0.820. The molecule has 2 rings (SSSR count). The highest BCUT2D eigenvalue weighted by molar-refractivity contribution is 5.32. The normalized spacial score (nSPS) is 21.1. The summed E-state index contributed by atoms with van der Waals surface area (Å²) in [6.07, 6.45) is 3.83. The summed E-state index contributed by atoms with van der Waals surface area (Å²) in [7, 11) is 2.26. The van der Waals surface area contributed by atoms with Crippen molar-refractivity contribution in [3.63, 3.8) is 0 Å². The van der Waals surface area contributed by atoms with Gasteiger partial charge in [0.05, 0.1) is 0 Å². The molecule has 1 nitrogen and oxygen atoms in total. The average molecular weight is 217 g/mol. The zero-order chi connectivity index (χ0) is 11.5. The number of nitrogens with zero attached hydrogens (tertiary/aromatic N) is 1. The van der Waals surface area contributed by atoms with Gasteiger partial charge >= 0.3 is 0 Å². The Kier molecular flexibility index (Phi) is 3.65. The van der Waals surface area contributed by atoms with Crippen molar-refractivity contribution >= 4 is 0 Å². The molecule has 0 radical (unpaired) electrons. The number of benzene rings is 1. The van der Waals surface area contributed by atoms with Crippen LogP contribution < -0.4 is 0 Å². The minimum absolute atomic E-state index is 0.646. The molecule has 0 aromatic heterocycles. The van der Waals surface area contributed by atoms with E-state index in [-0.39, 0.29) is 0 Å². The fourth-order valence-electron chi connectivity index (χ4n) is 2.64. The lowest BCUT2D eigenvalue weighted by Gasteiger charge is -2.35. The van der Waals surface area contributed by atoms with Gasteiger partial charge in [0.15, 0.2) is 0 Å². The molecule has 1 heteroatoms. The summed E-state index contributed by atoms with van der Waals surface area (Å²) in [6.45, 7) is 5.84. The Bertz CT molecular complexity index is 343. The Morgan fingerprint density at radius 1 is 1.31 bits per heavy atom. The molecular weight excluding hydrogens is 194 g/mol. The monoisotopic (exact) mass is 217 g/mol. The Balaban J connectivity index is 2.16. The summed E-state index contributed by atoms with van der Waals surface area (Å²) in [5.74, 6) is 0.808. The third kappa shape index (κ3) is 2.46. The summed E-state index contributed by atoms with van der Waals surface area (Å²) in [4.78, 5) is 2.52. The first-order valence-corrected chi connectivity index (χ1v) is 6.46. The van der Waals surface area contributed by atoms with Crippen LogP contribution in [-0.2, 0) is 6.42 Å². The molecule has 1 aromatic carbocycles. The van der Waals surface area contributed by atoms with E-state index in [1.54, 1.807) is 11.1 Å². The van der Waals surface area contributed by atoms with E-state index in [1.807, 2.05) is 0 Å². The van der Waals surface area contributed by atoms with Gasteiger partial charge in [-0.1, -0.05) is 38.1 Å². The second kappa shape index (κ2) is 5.01. The molecule has 0 saturated heterocycles. The molecule has 1 atom stereocenters. The van der Waals surface area contributed by atoms with Crippen molar-refractivity contribution in [2.75, 3.05) is 13.6 Å². The number of hydrogen-bond acceptors (Lipinski definition) is 1. The number of likely N-dealkylation sites (N-methyl/N-ethyl adjacent to an activating group) is 1. The van der Waals surface area contributed by atoms with Crippen LogP contribution in [0.4, 0.5) is 0 Å². The van der Waals surface area contributed by atoms with E-state index in [0.29, 0.717) is 6.04 Å². The van der Waals surface area contributed by atoms with Crippen LogP contribution >= 0.6 is 0 Å². The van der Waals surface area contributed by atoms with Gasteiger partial charge in [-0.3, -0.25) is 4.90 Å². The molecule has 1 heterocycles. The van der Waals surface area contributed by atoms with Crippen molar-refractivity contribution in [2.24, 2.45) is 5.92 Å². The predicted molar refractivity (Wildman–Crippen MR) is 69.6 cm³/mol. The van der Waals surface area contributed by atoms with Gasteiger partial charge < -0.3 is 0 Å². The lowest BCUT2D eigenvalue weighted by atomic mass is 9.89. The van der Waals surface area contributed by atoms with Gasteiger partial charge in [-0.25, -0.2) is 0 Å². The van der Waals surface area contributed by atoms with Crippen molar-refractivity contribution in [3.05, 3.63) is 35.4 Å². The summed E-state index contributed by atoms with van der Waals surface area (Å²) >= 11 is 0. The van der Waals surface area contributed by atoms with Crippen LogP contribution in [0.15, 0.2) is 24.3 Å². The van der Waals surface area contributed by atoms with E-state index in [2.05, 4.69) is 50.1 Å². The van der Waals surface area contributed by atoms with E-state index in [9.17, 15) is 0 Å². The van der Waals surface area contributed by atoms with Gasteiger partial charge in [-0.2, -0.15) is 0 Å². The standard InChI is InChI=1S/C15H23N/c1-12(2)8-9-15-14-7-5-4-6-13(14)10-11-16(15)3/h4-7,12,15H,8-11H2,1-3H3. The first-order chi connectivity index (χ1) is 7.68. The average Bonchev–Trinajstić information content (AvgIpc) is 2.27. The van der Waals surface area contributed by atoms with Crippen LogP contribution in [-0.4, -0.2) is 18.5 Å². The fraction of sp³-hybridized carbons (Fsp3) is 0.600. The molecule has 0 amide bonds. The minimum Gasteiger partial charge on any atom is -0.299 e. The largest absolute Gasteiger partial charge is 0.299 e. The second-order valence-corrected chi connectivity index (χ2v) is 5.42. The molecule has 0 aliphatic carbocycles. The molecule has 16 heavy (non-hydrogen) atoms. The van der Waals surface area contributed by atoms with Crippen LogP contribution in [0.25, 0.3) is 0 Å². The summed E-state index contributed by atoms with van der Waals surface area (Å²) in [5, 5.41) is 0. The van der Waals surface area contributed by atoms with E-state index < -0.39 is 0 Å². The van der Waals surface area contributed by atoms with Crippen molar-refractivity contribution in [1.29, 1.82) is 0 Å². The quantitative estimate of drug-likeness (QED) is 0.747. The van der Waals surface area contributed by atoms with Gasteiger partial charge in [0.1, 0.15) is 0 Å². The van der Waals surface area contributed by atoms with Crippen molar-refractivity contribution < 1.29 is 0 Å². The van der Waals surface area contributed by atoms with E-state index in [1.165, 1.54) is 25.8 Å². The molecule has 1 aliphatic rings. The smallest absolute Gasteiger partial charge is 0.0348 e. The minimum atomic E-state index is 0.646. The third-order valence-corrected chi connectivity index (χ3v) is 3.70. The lowest BCUT2D eigenvalue weighted by Crippen LogP contribution is -2.32. The highest BCUT2D eigenvalue weighted by atomic mass is 15.1. The first-order valence-electron chi connectivity index (χ1n) is 6.46. The molecule has 0 fully saturated rings. The third-order valence-electron chi connectivity index (χ3n) is 3.70. The molecule has 1 aliphatic heterocycles. The Morgan fingerprint density at radius 2 is 2.06 bits per heavy atom. The molecule has 0 bridgehead atoms. The van der Waals surface area contributed by atoms with Crippen LogP contribution in [0, 0.1) is 5.92 Å². The number of hydrogen-bond donors (Lipinski definition) is 0. The summed E-state index contributed by atoms with van der Waals surface area (Å²) in [5.41, 5.74) is 3.13. The maximum absolute atomic E-state index is 2.52. The summed E-state index contributed by atoms with van der Waals surface area (Å²) < 4.78 is 0. The molecule has 0 saturated carbocycles. The first kappa shape index (κ1) is 11.7. The predicted octanol–water partition coefficient (Wildman–Crippen LogP) is 3.65. The fourth-order valence-corrected chi connectivity index (χ4v) is 2.64. The van der Waals surface area contributed by atoms with Crippen molar-refractivity contribution in [3.8, 4) is 0 Å². The number of rotatable bonds is 3. The zero-order valence-electron chi connectivity index (χ0n) is 10.7. The lowest BCUT2D eigenvalue weighted by molar-refractivity contribution is 0.210. The Labute approximate surface area is 99.5 Å². The molecule has 0 N–H and O–H groups in total. The molecule has 0 spiro atoms. The van der Waals surface area contributed by atoms with Crippen molar-refractivity contribution in [1.82, 2.24) is 4.90 Å².